The molecule has 34 heavy (non-hydrogen) atoms. The minimum Gasteiger partial charge on any atom is -0.481 e. The van der Waals surface area contributed by atoms with E-state index in [2.05, 4.69) is 21.4 Å². The number of carboxylic acid groups (broad SMARTS) is 3. The lowest BCUT2D eigenvalue weighted by Gasteiger charge is -2.18. The molecule has 0 aliphatic carbocycles. The third kappa shape index (κ3) is 12.2. The van der Waals surface area contributed by atoms with E-state index in [9.17, 15) is 29.1 Å². The summed E-state index contributed by atoms with van der Waals surface area (Å²) in [5.74, 6) is -4.34. The highest BCUT2D eigenvalue weighted by molar-refractivity contribution is 5.86. The van der Waals surface area contributed by atoms with Gasteiger partial charge < -0.3 is 31.3 Å². The number of aliphatic carboxylic acids is 3. The molecule has 7 N–H and O–H groups in total. The molecule has 0 aromatic heterocycles. The molecule has 188 valence electrons. The maximum Gasteiger partial charge on any atom is 0.326 e. The molecule has 0 spiro atoms. The lowest BCUT2D eigenvalue weighted by Crippen LogP contribution is -2.51. The molecule has 0 aliphatic rings. The average molecular weight is 482 g/mol. The van der Waals surface area contributed by atoms with Gasteiger partial charge in [0, 0.05) is 13.0 Å². The van der Waals surface area contributed by atoms with E-state index >= 15 is 0 Å². The quantitative estimate of drug-likeness (QED) is 0.130. The standard InChI is InChI=1S/C21H30N4O9/c1-13-5-7-14(8-6-13)25-34-12-17(26)22-11-3-2-4-15(19(29)30)23-21(33)24-16(20(31)32)9-10-18(27)28/h5-8,15-16,25H,2-4,9-12H2,1H3,(H,22,26)(H,27,28)(H,29,30)(H,31,32)(H2,23,24,33). The fourth-order valence-corrected chi connectivity index (χ4v) is 2.70. The van der Waals surface area contributed by atoms with Crippen molar-refractivity contribution in [3.8, 4) is 0 Å². The third-order valence-electron chi connectivity index (χ3n) is 4.54. The first-order valence-corrected chi connectivity index (χ1v) is 10.5. The van der Waals surface area contributed by atoms with Crippen molar-refractivity contribution in [1.29, 1.82) is 0 Å². The summed E-state index contributed by atoms with van der Waals surface area (Å²) in [6.07, 6.45) is -0.00291. The van der Waals surface area contributed by atoms with Crippen molar-refractivity contribution in [2.45, 2.75) is 51.1 Å². The van der Waals surface area contributed by atoms with E-state index in [-0.39, 0.29) is 31.9 Å². The lowest BCUT2D eigenvalue weighted by molar-refractivity contribution is -0.140. The van der Waals surface area contributed by atoms with E-state index in [0.29, 0.717) is 18.5 Å². The molecule has 13 heteroatoms. The van der Waals surface area contributed by atoms with Gasteiger partial charge in [-0.15, -0.1) is 0 Å². The molecule has 3 amide bonds. The van der Waals surface area contributed by atoms with Gasteiger partial charge in [-0.25, -0.2) is 14.4 Å². The van der Waals surface area contributed by atoms with Crippen LogP contribution >= 0.6 is 0 Å². The van der Waals surface area contributed by atoms with Crippen LogP contribution in [0.2, 0.25) is 0 Å². The summed E-state index contributed by atoms with van der Waals surface area (Å²) in [7, 11) is 0. The Bertz CT molecular complexity index is 845. The third-order valence-corrected chi connectivity index (χ3v) is 4.54. The van der Waals surface area contributed by atoms with Gasteiger partial charge in [-0.05, 0) is 44.7 Å². The Morgan fingerprint density at radius 3 is 2.03 bits per heavy atom. The number of hydrogen-bond acceptors (Lipinski definition) is 7. The lowest BCUT2D eigenvalue weighted by atomic mass is 10.1. The second-order valence-corrected chi connectivity index (χ2v) is 7.43. The Morgan fingerprint density at radius 2 is 1.47 bits per heavy atom. The molecule has 13 nitrogen and oxygen atoms in total. The highest BCUT2D eigenvalue weighted by Gasteiger charge is 2.24. The first kappa shape index (κ1) is 28.2. The van der Waals surface area contributed by atoms with Crippen LogP contribution in [0.15, 0.2) is 24.3 Å². The smallest absolute Gasteiger partial charge is 0.326 e. The number of anilines is 1. The van der Waals surface area contributed by atoms with Gasteiger partial charge in [0.2, 0.25) is 5.91 Å². The van der Waals surface area contributed by atoms with E-state index in [4.69, 9.17) is 15.1 Å². The van der Waals surface area contributed by atoms with Gasteiger partial charge in [0.1, 0.15) is 12.1 Å². The fraction of sp³-hybridized carbons (Fsp3) is 0.476. The molecule has 0 bridgehead atoms. The maximum atomic E-state index is 11.9. The number of benzene rings is 1. The van der Waals surface area contributed by atoms with Gasteiger partial charge in [0.15, 0.2) is 6.61 Å². The van der Waals surface area contributed by atoms with Crippen LogP contribution in [0.4, 0.5) is 10.5 Å². The average Bonchev–Trinajstić information content (AvgIpc) is 2.76. The molecule has 0 saturated carbocycles. The summed E-state index contributed by atoms with van der Waals surface area (Å²) in [6, 6.07) is 3.60. The van der Waals surface area contributed by atoms with E-state index in [1.165, 1.54) is 0 Å². The molecule has 0 heterocycles. The number of nitrogens with one attached hydrogen (secondary N) is 4. The topological polar surface area (TPSA) is 203 Å². The van der Waals surface area contributed by atoms with Gasteiger partial charge in [-0.2, -0.15) is 0 Å². The Kier molecular flexibility index (Phi) is 12.5. The molecule has 2 unspecified atom stereocenters. The first-order chi connectivity index (χ1) is 16.1. The predicted octanol–water partition coefficient (Wildman–Crippen LogP) is 0.695. The molecule has 1 rings (SSSR count). The van der Waals surface area contributed by atoms with Gasteiger partial charge in [-0.1, -0.05) is 17.7 Å². The van der Waals surface area contributed by atoms with E-state index in [1.54, 1.807) is 12.1 Å². The minimum atomic E-state index is -1.47. The molecule has 1 aromatic carbocycles. The summed E-state index contributed by atoms with van der Waals surface area (Å²) < 4.78 is 0. The second-order valence-electron chi connectivity index (χ2n) is 7.43. The number of carbonyl (C=O) groups is 5. The SMILES string of the molecule is Cc1ccc(NOCC(=O)NCCCCC(NC(=O)NC(CCC(=O)O)C(=O)O)C(=O)O)cc1. The number of urea groups is 1. The van der Waals surface area contributed by atoms with Crippen molar-refractivity contribution in [3.05, 3.63) is 29.8 Å². The van der Waals surface area contributed by atoms with Crippen LogP contribution in [0.1, 0.15) is 37.7 Å². The molecule has 0 fully saturated rings. The Hall–Kier alpha value is -3.87. The van der Waals surface area contributed by atoms with Crippen LogP contribution in [-0.4, -0.2) is 70.4 Å². The number of carboxylic acids is 3. The summed E-state index contributed by atoms with van der Waals surface area (Å²) in [4.78, 5) is 61.9. The van der Waals surface area contributed by atoms with E-state index in [1.807, 2.05) is 19.1 Å². The van der Waals surface area contributed by atoms with Crippen molar-refractivity contribution in [2.24, 2.45) is 0 Å². The maximum absolute atomic E-state index is 11.9. The summed E-state index contributed by atoms with van der Waals surface area (Å²) in [5.41, 5.74) is 4.43. The van der Waals surface area contributed by atoms with Gasteiger partial charge >= 0.3 is 23.9 Å². The monoisotopic (exact) mass is 482 g/mol. The summed E-state index contributed by atoms with van der Waals surface area (Å²) in [6.45, 7) is 1.99. The zero-order chi connectivity index (χ0) is 25.5. The van der Waals surface area contributed by atoms with Crippen LogP contribution in [0, 0.1) is 6.92 Å². The number of amides is 3. The first-order valence-electron chi connectivity index (χ1n) is 10.5. The number of rotatable bonds is 16. The van der Waals surface area contributed by atoms with Crippen LogP contribution in [0.25, 0.3) is 0 Å². The predicted molar refractivity (Wildman–Crippen MR) is 119 cm³/mol. The molecule has 2 atom stereocenters. The van der Waals surface area contributed by atoms with Crippen molar-refractivity contribution in [2.75, 3.05) is 18.6 Å². The molecule has 1 aromatic rings. The molecular formula is C21H30N4O9. The van der Waals surface area contributed by atoms with Crippen LogP contribution in [0.3, 0.4) is 0 Å². The molecule has 0 radical (unpaired) electrons. The number of unbranched alkanes of at least 4 members (excludes halogenated alkanes) is 1. The van der Waals surface area contributed by atoms with Crippen LogP contribution < -0.4 is 21.4 Å². The highest BCUT2D eigenvalue weighted by Crippen LogP contribution is 2.08. The summed E-state index contributed by atoms with van der Waals surface area (Å²) >= 11 is 0. The van der Waals surface area contributed by atoms with Crippen molar-refractivity contribution < 1.29 is 44.1 Å². The van der Waals surface area contributed by atoms with E-state index in [0.717, 1.165) is 5.56 Å². The Labute approximate surface area is 195 Å². The molecule has 0 saturated heterocycles. The summed E-state index contributed by atoms with van der Waals surface area (Å²) in [5, 5.41) is 33.8. The largest absolute Gasteiger partial charge is 0.481 e. The Morgan fingerprint density at radius 1 is 0.882 bits per heavy atom. The number of carbonyl (C=O) groups excluding carboxylic acids is 2. The highest BCUT2D eigenvalue weighted by atomic mass is 16.6. The fourth-order valence-electron chi connectivity index (χ4n) is 2.70. The van der Waals surface area contributed by atoms with Crippen molar-refractivity contribution in [3.63, 3.8) is 0 Å². The zero-order valence-corrected chi connectivity index (χ0v) is 18.7. The van der Waals surface area contributed by atoms with Crippen molar-refractivity contribution >= 4 is 35.5 Å². The number of aryl methyl sites for hydroxylation is 1. The van der Waals surface area contributed by atoms with Gasteiger partial charge in [-0.3, -0.25) is 19.9 Å². The van der Waals surface area contributed by atoms with Crippen LogP contribution in [0.5, 0.6) is 0 Å². The minimum absolute atomic E-state index is 0.0387. The normalized spacial score (nSPS) is 12.1. The Balaban J connectivity index is 2.28. The van der Waals surface area contributed by atoms with Crippen LogP contribution in [-0.2, 0) is 24.0 Å². The van der Waals surface area contributed by atoms with Gasteiger partial charge in [0.05, 0.1) is 5.69 Å². The molecule has 0 aliphatic heterocycles. The zero-order valence-electron chi connectivity index (χ0n) is 18.7. The molecular weight excluding hydrogens is 452 g/mol. The van der Waals surface area contributed by atoms with Crippen molar-refractivity contribution in [1.82, 2.24) is 16.0 Å². The second kappa shape index (κ2) is 15.1. The number of hydrogen-bond donors (Lipinski definition) is 7. The van der Waals surface area contributed by atoms with E-state index < -0.39 is 42.4 Å². The van der Waals surface area contributed by atoms with Gasteiger partial charge in [0.25, 0.3) is 0 Å².